The van der Waals surface area contributed by atoms with Gasteiger partial charge in [-0.15, -0.1) is 0 Å². The molecule has 0 aromatic heterocycles. The molecule has 0 N–H and O–H groups in total. The lowest BCUT2D eigenvalue weighted by molar-refractivity contribution is 0.735. The van der Waals surface area contributed by atoms with E-state index >= 15 is 0 Å². The molecule has 1 atom stereocenters. The second-order valence-electron chi connectivity index (χ2n) is 2.22. The van der Waals surface area contributed by atoms with Crippen LogP contribution in [0.4, 0.5) is 0 Å². The molecule has 0 fully saturated rings. The van der Waals surface area contributed by atoms with Crippen LogP contribution in [0.3, 0.4) is 0 Å². The summed E-state index contributed by atoms with van der Waals surface area (Å²) in [6, 6.07) is 0. The van der Waals surface area contributed by atoms with E-state index in [1.165, 1.54) is 12.7 Å². The molecule has 1 aliphatic carbocycles. The van der Waals surface area contributed by atoms with Gasteiger partial charge in [0.25, 0.3) is 0 Å². The molecule has 0 spiro atoms. The quantitative estimate of drug-likeness (QED) is 0.440. The molecule has 1 heteroatoms. The van der Waals surface area contributed by atoms with Crippen LogP contribution in [-0.4, -0.2) is 7.85 Å². The van der Waals surface area contributed by atoms with E-state index in [9.17, 15) is 0 Å². The molecule has 1 aliphatic rings. The van der Waals surface area contributed by atoms with Crippen molar-refractivity contribution in [1.82, 2.24) is 0 Å². The summed E-state index contributed by atoms with van der Waals surface area (Å²) in [5.74, 6) is 0.819. The highest BCUT2D eigenvalue weighted by Gasteiger charge is 1.98. The molecule has 0 aromatic carbocycles. The van der Waals surface area contributed by atoms with Gasteiger partial charge >= 0.3 is 0 Å². The van der Waals surface area contributed by atoms with Gasteiger partial charge in [-0.2, -0.15) is 0 Å². The zero-order valence-corrected chi connectivity index (χ0v) is 5.30. The number of allylic oxidation sites excluding steroid dienone is 4. The summed E-state index contributed by atoms with van der Waals surface area (Å²) < 4.78 is 0. The lowest BCUT2D eigenvalue weighted by Gasteiger charge is -2.07. The summed E-state index contributed by atoms with van der Waals surface area (Å²) in [6.07, 6.45) is 11.3. The van der Waals surface area contributed by atoms with Gasteiger partial charge < -0.3 is 0 Å². The standard InChI is InChI=1S/C7H11B/c8-6-7-4-2-1-3-5-7/h1-4,7H,5-6,8H2. The van der Waals surface area contributed by atoms with Crippen LogP contribution in [0.15, 0.2) is 24.3 Å². The van der Waals surface area contributed by atoms with Crippen molar-refractivity contribution < 1.29 is 0 Å². The second-order valence-corrected chi connectivity index (χ2v) is 2.22. The van der Waals surface area contributed by atoms with Crippen molar-refractivity contribution in [2.75, 3.05) is 0 Å². The van der Waals surface area contributed by atoms with Crippen LogP contribution < -0.4 is 0 Å². The highest BCUT2D eigenvalue weighted by Crippen LogP contribution is 2.13. The Hall–Kier alpha value is -0.455. The minimum atomic E-state index is 0.819. The van der Waals surface area contributed by atoms with E-state index in [4.69, 9.17) is 0 Å². The van der Waals surface area contributed by atoms with E-state index in [1.807, 2.05) is 0 Å². The fraction of sp³-hybridized carbons (Fsp3) is 0.429. The van der Waals surface area contributed by atoms with Crippen LogP contribution in [0.1, 0.15) is 6.42 Å². The Morgan fingerprint density at radius 2 is 2.38 bits per heavy atom. The normalized spacial score (nSPS) is 26.2. The molecule has 1 rings (SSSR count). The van der Waals surface area contributed by atoms with Crippen molar-refractivity contribution in [1.29, 1.82) is 0 Å². The van der Waals surface area contributed by atoms with E-state index in [-0.39, 0.29) is 0 Å². The largest absolute Gasteiger partial charge is 0.102 e. The molecular weight excluding hydrogens is 94.9 g/mol. The third-order valence-corrected chi connectivity index (χ3v) is 1.59. The molecule has 0 amide bonds. The predicted molar refractivity (Wildman–Crippen MR) is 39.7 cm³/mol. The van der Waals surface area contributed by atoms with E-state index in [0.29, 0.717) is 0 Å². The van der Waals surface area contributed by atoms with Crippen molar-refractivity contribution in [2.24, 2.45) is 5.92 Å². The first kappa shape index (κ1) is 5.68. The number of hydrogen-bond acceptors (Lipinski definition) is 0. The summed E-state index contributed by atoms with van der Waals surface area (Å²) in [5, 5.41) is 0. The van der Waals surface area contributed by atoms with E-state index in [2.05, 4.69) is 32.2 Å². The maximum absolute atomic E-state index is 2.28. The lowest BCUT2D eigenvalue weighted by Crippen LogP contribution is -1.94. The van der Waals surface area contributed by atoms with E-state index in [1.54, 1.807) is 0 Å². The van der Waals surface area contributed by atoms with Gasteiger partial charge in [-0.25, -0.2) is 0 Å². The third kappa shape index (κ3) is 1.26. The van der Waals surface area contributed by atoms with Gasteiger partial charge in [-0.3, -0.25) is 0 Å². The van der Waals surface area contributed by atoms with Gasteiger partial charge in [0.2, 0.25) is 0 Å². The first-order chi connectivity index (χ1) is 3.93. The molecule has 0 nitrogen and oxygen atoms in total. The van der Waals surface area contributed by atoms with Crippen molar-refractivity contribution in [3.05, 3.63) is 24.3 Å². The van der Waals surface area contributed by atoms with Gasteiger partial charge in [0.1, 0.15) is 7.85 Å². The van der Waals surface area contributed by atoms with E-state index < -0.39 is 0 Å². The molecule has 0 heterocycles. The summed E-state index contributed by atoms with van der Waals surface area (Å²) >= 11 is 0. The minimum Gasteiger partial charge on any atom is -0.0840 e. The van der Waals surface area contributed by atoms with Crippen LogP contribution in [0.2, 0.25) is 6.32 Å². The predicted octanol–water partition coefficient (Wildman–Crippen LogP) is 1.17. The lowest BCUT2D eigenvalue weighted by atomic mass is 9.87. The Morgan fingerprint density at radius 3 is 2.75 bits per heavy atom. The van der Waals surface area contributed by atoms with Crippen LogP contribution in [0, 0.1) is 5.92 Å². The molecule has 8 heavy (non-hydrogen) atoms. The Labute approximate surface area is 51.7 Å². The fourth-order valence-corrected chi connectivity index (χ4v) is 0.935. The molecule has 1 unspecified atom stereocenters. The monoisotopic (exact) mass is 106 g/mol. The molecule has 0 radical (unpaired) electrons. The van der Waals surface area contributed by atoms with Gasteiger partial charge in [0, 0.05) is 0 Å². The van der Waals surface area contributed by atoms with Crippen molar-refractivity contribution in [3.63, 3.8) is 0 Å². The maximum atomic E-state index is 2.28. The van der Waals surface area contributed by atoms with Crippen molar-refractivity contribution in [3.8, 4) is 0 Å². The van der Waals surface area contributed by atoms with Crippen LogP contribution >= 0.6 is 0 Å². The van der Waals surface area contributed by atoms with Gasteiger partial charge in [-0.05, 0) is 12.3 Å². The molecule has 42 valence electrons. The molecular formula is C7H11B. The first-order valence-electron chi connectivity index (χ1n) is 3.27. The second kappa shape index (κ2) is 2.76. The first-order valence-corrected chi connectivity index (χ1v) is 3.27. The number of hydrogen-bond donors (Lipinski definition) is 0. The maximum Gasteiger partial charge on any atom is 0.102 e. The zero-order chi connectivity index (χ0) is 5.82. The Bertz CT molecular complexity index is 114. The SMILES string of the molecule is BCC1C=CC=CC1. The van der Waals surface area contributed by atoms with Gasteiger partial charge in [0.05, 0.1) is 0 Å². The smallest absolute Gasteiger partial charge is 0.0840 e. The van der Waals surface area contributed by atoms with E-state index in [0.717, 1.165) is 5.92 Å². The van der Waals surface area contributed by atoms with Gasteiger partial charge in [0.15, 0.2) is 0 Å². The summed E-state index contributed by atoms with van der Waals surface area (Å²) in [4.78, 5) is 0. The molecule has 0 aromatic rings. The van der Waals surface area contributed by atoms with Crippen molar-refractivity contribution in [2.45, 2.75) is 12.7 Å². The Morgan fingerprint density at radius 1 is 1.50 bits per heavy atom. The Kier molecular flexibility index (Phi) is 1.96. The minimum absolute atomic E-state index is 0.819. The summed E-state index contributed by atoms with van der Waals surface area (Å²) in [7, 11) is 2.23. The van der Waals surface area contributed by atoms with Crippen LogP contribution in [-0.2, 0) is 0 Å². The highest BCUT2D eigenvalue weighted by molar-refractivity contribution is 6.08. The molecule has 0 aliphatic heterocycles. The third-order valence-electron chi connectivity index (χ3n) is 1.59. The van der Waals surface area contributed by atoms with Crippen LogP contribution in [0.25, 0.3) is 0 Å². The van der Waals surface area contributed by atoms with Gasteiger partial charge in [-0.1, -0.05) is 30.6 Å². The highest BCUT2D eigenvalue weighted by atomic mass is 14.0. The average Bonchev–Trinajstić information content (AvgIpc) is 1.90. The van der Waals surface area contributed by atoms with Crippen LogP contribution in [0.5, 0.6) is 0 Å². The molecule has 0 bridgehead atoms. The summed E-state index contributed by atoms with van der Waals surface area (Å²) in [6.45, 7) is 0. The number of rotatable bonds is 1. The fourth-order valence-electron chi connectivity index (χ4n) is 0.935. The topological polar surface area (TPSA) is 0 Å². The molecule has 0 saturated carbocycles. The Balaban J connectivity index is 2.40. The zero-order valence-electron chi connectivity index (χ0n) is 5.30. The summed E-state index contributed by atoms with van der Waals surface area (Å²) in [5.41, 5.74) is 0. The molecule has 0 saturated heterocycles. The average molecular weight is 106 g/mol. The van der Waals surface area contributed by atoms with Crippen molar-refractivity contribution >= 4 is 7.85 Å².